The van der Waals surface area contributed by atoms with Gasteiger partial charge in [0.05, 0.1) is 0 Å². The molecule has 0 aliphatic heterocycles. The maximum atomic E-state index is 8.60. The van der Waals surface area contributed by atoms with Gasteiger partial charge in [0.15, 0.2) is 0 Å². The normalized spacial score (nSPS) is 36.8. The summed E-state index contributed by atoms with van der Waals surface area (Å²) in [6.45, 7) is 2.63. The van der Waals surface area contributed by atoms with Crippen LogP contribution in [-0.2, 0) is 0 Å². The Balaban J connectivity index is 2.03. The van der Waals surface area contributed by atoms with Crippen LogP contribution in [0.1, 0.15) is 26.2 Å². The highest BCUT2D eigenvalue weighted by molar-refractivity contribution is 4.77. The first-order valence-corrected chi connectivity index (χ1v) is 3.47. The summed E-state index contributed by atoms with van der Waals surface area (Å²) in [4.78, 5) is 0. The van der Waals surface area contributed by atoms with E-state index in [1.807, 2.05) is 0 Å². The Labute approximate surface area is 50.7 Å². The van der Waals surface area contributed by atoms with E-state index < -0.39 is 0 Å². The lowest BCUT2D eigenvalue weighted by atomic mass is 9.74. The summed E-state index contributed by atoms with van der Waals surface area (Å²) >= 11 is 0. The molecule has 8 heavy (non-hydrogen) atoms. The van der Waals surface area contributed by atoms with Gasteiger partial charge in [0.2, 0.25) is 0 Å². The lowest BCUT2D eigenvalue weighted by Crippen LogP contribution is -2.25. The van der Waals surface area contributed by atoms with Crippen LogP contribution in [0.25, 0.3) is 0 Å². The van der Waals surface area contributed by atoms with Gasteiger partial charge in [-0.25, -0.2) is 0 Å². The van der Waals surface area contributed by atoms with Gasteiger partial charge in [0, 0.05) is 6.61 Å². The molecule has 1 N–H and O–H groups in total. The van der Waals surface area contributed by atoms with Gasteiger partial charge in [-0.05, 0) is 24.7 Å². The molecule has 1 rings (SSSR count). The summed E-state index contributed by atoms with van der Waals surface area (Å²) in [6.07, 6.45) is 3.84. The zero-order valence-corrected chi connectivity index (χ0v) is 5.43. The third-order valence-corrected chi connectivity index (χ3v) is 2.17. The minimum Gasteiger partial charge on any atom is -0.396 e. The maximum absolute atomic E-state index is 8.60. The Morgan fingerprint density at radius 3 is 2.38 bits per heavy atom. The van der Waals surface area contributed by atoms with Crippen molar-refractivity contribution in [3.05, 3.63) is 0 Å². The fourth-order valence-corrected chi connectivity index (χ4v) is 1.36. The van der Waals surface area contributed by atoms with Crippen molar-refractivity contribution in [3.63, 3.8) is 0 Å². The minimum atomic E-state index is 0.413. The van der Waals surface area contributed by atoms with Crippen molar-refractivity contribution < 1.29 is 5.11 Å². The zero-order valence-electron chi connectivity index (χ0n) is 5.43. The van der Waals surface area contributed by atoms with Crippen molar-refractivity contribution in [3.8, 4) is 0 Å². The van der Waals surface area contributed by atoms with Crippen LogP contribution in [-0.4, -0.2) is 11.7 Å². The molecule has 0 unspecified atom stereocenters. The Hall–Kier alpha value is -0.0400. The van der Waals surface area contributed by atoms with Crippen LogP contribution in [0.2, 0.25) is 0 Å². The first-order chi connectivity index (χ1) is 3.86. The van der Waals surface area contributed by atoms with Crippen molar-refractivity contribution in [2.75, 3.05) is 6.61 Å². The van der Waals surface area contributed by atoms with Gasteiger partial charge in [0.1, 0.15) is 0 Å². The Kier molecular flexibility index (Phi) is 1.90. The summed E-state index contributed by atoms with van der Waals surface area (Å²) in [5, 5.41) is 8.60. The summed E-state index contributed by atoms with van der Waals surface area (Å²) in [7, 11) is 0. The molecule has 1 saturated carbocycles. The van der Waals surface area contributed by atoms with Crippen LogP contribution in [0.3, 0.4) is 0 Å². The van der Waals surface area contributed by atoms with E-state index in [4.69, 9.17) is 5.11 Å². The molecule has 0 aromatic heterocycles. The molecule has 1 fully saturated rings. The number of aliphatic hydroxyl groups is 1. The predicted octanol–water partition coefficient (Wildman–Crippen LogP) is 1.41. The largest absolute Gasteiger partial charge is 0.396 e. The Bertz CT molecular complexity index is 56.8. The minimum absolute atomic E-state index is 0.413. The van der Waals surface area contributed by atoms with Gasteiger partial charge in [-0.15, -0.1) is 0 Å². The van der Waals surface area contributed by atoms with Crippen LogP contribution >= 0.6 is 0 Å². The second-order valence-corrected chi connectivity index (χ2v) is 2.79. The summed E-state index contributed by atoms with van der Waals surface area (Å²) in [6, 6.07) is 0. The number of rotatable bonds is 2. The van der Waals surface area contributed by atoms with Gasteiger partial charge < -0.3 is 5.11 Å². The van der Waals surface area contributed by atoms with E-state index in [2.05, 4.69) is 6.92 Å². The van der Waals surface area contributed by atoms with Gasteiger partial charge in [0.25, 0.3) is 0 Å². The smallest absolute Gasteiger partial charge is 0.0459 e. The molecule has 0 spiro atoms. The molecule has 0 atom stereocenters. The third-order valence-electron chi connectivity index (χ3n) is 2.17. The second kappa shape index (κ2) is 2.49. The molecule has 1 aliphatic carbocycles. The predicted molar refractivity (Wildman–Crippen MR) is 33.6 cm³/mol. The molecular weight excluding hydrogens is 100 g/mol. The first kappa shape index (κ1) is 6.09. The standard InChI is InChI=1S/C7H14O/c1-2-6-3-7(4-6)5-8/h6-8H,2-5H2,1H3/t6-,7+. The summed E-state index contributed by atoms with van der Waals surface area (Å²) < 4.78 is 0. The molecule has 48 valence electrons. The number of hydrogen-bond donors (Lipinski definition) is 1. The van der Waals surface area contributed by atoms with E-state index in [1.165, 1.54) is 19.3 Å². The van der Waals surface area contributed by atoms with Gasteiger partial charge in [-0.2, -0.15) is 0 Å². The second-order valence-electron chi connectivity index (χ2n) is 2.79. The van der Waals surface area contributed by atoms with Crippen LogP contribution in [0.15, 0.2) is 0 Å². The van der Waals surface area contributed by atoms with Crippen LogP contribution in [0.4, 0.5) is 0 Å². The van der Waals surface area contributed by atoms with Crippen LogP contribution in [0, 0.1) is 11.8 Å². The molecule has 0 radical (unpaired) electrons. The Morgan fingerprint density at radius 2 is 2.00 bits per heavy atom. The molecule has 0 saturated heterocycles. The molecule has 0 bridgehead atoms. The number of hydrogen-bond acceptors (Lipinski definition) is 1. The molecule has 0 aromatic rings. The third kappa shape index (κ3) is 1.03. The quantitative estimate of drug-likeness (QED) is 0.575. The van der Waals surface area contributed by atoms with Gasteiger partial charge in [-0.3, -0.25) is 0 Å². The lowest BCUT2D eigenvalue weighted by molar-refractivity contribution is 0.105. The highest BCUT2D eigenvalue weighted by Crippen LogP contribution is 2.34. The Morgan fingerprint density at radius 1 is 1.38 bits per heavy atom. The summed E-state index contributed by atoms with van der Waals surface area (Å²) in [5.41, 5.74) is 0. The highest BCUT2D eigenvalue weighted by atomic mass is 16.3. The fourth-order valence-electron chi connectivity index (χ4n) is 1.36. The van der Waals surface area contributed by atoms with Crippen LogP contribution in [0.5, 0.6) is 0 Å². The van der Waals surface area contributed by atoms with E-state index in [9.17, 15) is 0 Å². The average molecular weight is 114 g/mol. The molecule has 0 amide bonds. The van der Waals surface area contributed by atoms with E-state index in [-0.39, 0.29) is 0 Å². The topological polar surface area (TPSA) is 20.2 Å². The first-order valence-electron chi connectivity index (χ1n) is 3.47. The van der Waals surface area contributed by atoms with Crippen LogP contribution < -0.4 is 0 Å². The van der Waals surface area contributed by atoms with E-state index in [0.717, 1.165) is 5.92 Å². The van der Waals surface area contributed by atoms with E-state index >= 15 is 0 Å². The van der Waals surface area contributed by atoms with Gasteiger partial charge in [-0.1, -0.05) is 13.3 Å². The van der Waals surface area contributed by atoms with E-state index in [0.29, 0.717) is 12.5 Å². The lowest BCUT2D eigenvalue weighted by Gasteiger charge is -2.32. The van der Waals surface area contributed by atoms with Crippen molar-refractivity contribution in [2.24, 2.45) is 11.8 Å². The summed E-state index contributed by atoms with van der Waals surface area (Å²) in [5.74, 6) is 1.59. The maximum Gasteiger partial charge on any atom is 0.0459 e. The van der Waals surface area contributed by atoms with E-state index in [1.54, 1.807) is 0 Å². The van der Waals surface area contributed by atoms with Crippen molar-refractivity contribution in [2.45, 2.75) is 26.2 Å². The molecule has 1 heteroatoms. The molecule has 1 nitrogen and oxygen atoms in total. The average Bonchev–Trinajstić information content (AvgIpc) is 1.65. The highest BCUT2D eigenvalue weighted by Gasteiger charge is 2.26. The zero-order chi connectivity index (χ0) is 5.98. The van der Waals surface area contributed by atoms with Crippen molar-refractivity contribution in [1.29, 1.82) is 0 Å². The molecular formula is C7H14O. The van der Waals surface area contributed by atoms with Crippen molar-refractivity contribution in [1.82, 2.24) is 0 Å². The van der Waals surface area contributed by atoms with Crippen molar-refractivity contribution >= 4 is 0 Å². The number of aliphatic hydroxyl groups excluding tert-OH is 1. The fraction of sp³-hybridized carbons (Fsp3) is 1.00. The molecule has 0 aromatic carbocycles. The molecule has 0 heterocycles. The van der Waals surface area contributed by atoms with Gasteiger partial charge >= 0.3 is 0 Å². The SMILES string of the molecule is CC[C@H]1C[C@@H](CO)C1. The monoisotopic (exact) mass is 114 g/mol. The molecule has 1 aliphatic rings.